The summed E-state index contributed by atoms with van der Waals surface area (Å²) in [6.45, 7) is 2.69. The summed E-state index contributed by atoms with van der Waals surface area (Å²) in [7, 11) is 0. The van der Waals surface area contributed by atoms with Crippen LogP contribution >= 0.6 is 0 Å². The maximum atomic E-state index is 13.3. The molecule has 0 amide bonds. The topological polar surface area (TPSA) is 40.7 Å². The zero-order valence-corrected chi connectivity index (χ0v) is 10.6. The second-order valence-corrected chi connectivity index (χ2v) is 4.84. The minimum atomic E-state index is -2.49. The lowest BCUT2D eigenvalue weighted by Gasteiger charge is -2.21. The number of hydrogen-bond donors (Lipinski definition) is 2. The smallest absolute Gasteiger partial charge is 0.264 e. The van der Waals surface area contributed by atoms with Crippen molar-refractivity contribution < 1.29 is 8.78 Å². The van der Waals surface area contributed by atoms with E-state index in [1.165, 1.54) is 0 Å². The van der Waals surface area contributed by atoms with E-state index < -0.39 is 6.43 Å². The molecule has 0 bridgehead atoms. The number of halogens is 2. The molecule has 5 heteroatoms. The van der Waals surface area contributed by atoms with E-state index in [4.69, 9.17) is 0 Å². The van der Waals surface area contributed by atoms with Gasteiger partial charge in [0.15, 0.2) is 0 Å². The van der Waals surface area contributed by atoms with Crippen molar-refractivity contribution in [3.05, 3.63) is 35.2 Å². The summed E-state index contributed by atoms with van der Waals surface area (Å²) < 4.78 is 26.5. The molecule has 1 aliphatic heterocycles. The van der Waals surface area contributed by atoms with Crippen molar-refractivity contribution in [1.29, 1.82) is 0 Å². The number of aromatic nitrogens is 2. The van der Waals surface area contributed by atoms with Gasteiger partial charge in [-0.3, -0.25) is 5.10 Å². The number of rotatable bonds is 2. The van der Waals surface area contributed by atoms with Gasteiger partial charge in [-0.15, -0.1) is 0 Å². The van der Waals surface area contributed by atoms with Crippen molar-refractivity contribution >= 4 is 5.69 Å². The summed E-state index contributed by atoms with van der Waals surface area (Å²) in [6.07, 6.45) is 1.08. The summed E-state index contributed by atoms with van der Waals surface area (Å²) in [6, 6.07) is 3.46. The number of fused-ring (bicyclic) bond motifs is 1. The van der Waals surface area contributed by atoms with Crippen LogP contribution in [0.15, 0.2) is 18.3 Å². The highest BCUT2D eigenvalue weighted by molar-refractivity contribution is 5.74. The number of anilines is 1. The lowest BCUT2D eigenvalue weighted by Crippen LogP contribution is -2.12. The third kappa shape index (κ3) is 2.09. The maximum Gasteiger partial charge on any atom is 0.264 e. The highest BCUT2D eigenvalue weighted by Crippen LogP contribution is 2.37. The maximum absolute atomic E-state index is 13.3. The number of nitrogens with zero attached hydrogens (tertiary/aromatic N) is 1. The molecule has 2 aromatic rings. The van der Waals surface area contributed by atoms with Crippen molar-refractivity contribution in [1.82, 2.24) is 10.2 Å². The Morgan fingerprint density at radius 2 is 2.11 bits per heavy atom. The molecule has 1 aromatic carbocycles. The summed E-state index contributed by atoms with van der Waals surface area (Å²) in [5.74, 6) is 0. The van der Waals surface area contributed by atoms with Crippen LogP contribution in [0.3, 0.4) is 0 Å². The molecule has 19 heavy (non-hydrogen) atoms. The Morgan fingerprint density at radius 1 is 1.26 bits per heavy atom. The first-order valence-electron chi connectivity index (χ1n) is 6.36. The Bertz CT molecular complexity index is 605. The van der Waals surface area contributed by atoms with Gasteiger partial charge < -0.3 is 5.32 Å². The van der Waals surface area contributed by atoms with Crippen molar-refractivity contribution in [2.45, 2.75) is 26.2 Å². The van der Waals surface area contributed by atoms with Crippen LogP contribution in [0.2, 0.25) is 0 Å². The molecule has 1 aromatic heterocycles. The van der Waals surface area contributed by atoms with E-state index >= 15 is 0 Å². The third-order valence-electron chi connectivity index (χ3n) is 3.57. The van der Waals surface area contributed by atoms with Gasteiger partial charge in [-0.2, -0.15) is 5.10 Å². The lowest BCUT2D eigenvalue weighted by molar-refractivity contribution is 0.152. The average molecular weight is 263 g/mol. The van der Waals surface area contributed by atoms with Crippen LogP contribution < -0.4 is 5.32 Å². The molecular weight excluding hydrogens is 248 g/mol. The molecule has 3 nitrogen and oxygen atoms in total. The predicted octanol–water partition coefficient (Wildman–Crippen LogP) is 3.68. The minimum absolute atomic E-state index is 0.0673. The zero-order valence-electron chi connectivity index (χ0n) is 10.6. The van der Waals surface area contributed by atoms with E-state index in [0.717, 1.165) is 41.9 Å². The molecule has 0 spiro atoms. The van der Waals surface area contributed by atoms with Gasteiger partial charge >= 0.3 is 0 Å². The van der Waals surface area contributed by atoms with E-state index in [-0.39, 0.29) is 5.56 Å². The van der Waals surface area contributed by atoms with E-state index in [2.05, 4.69) is 15.5 Å². The molecule has 3 rings (SSSR count). The molecule has 2 N–H and O–H groups in total. The Hall–Kier alpha value is -1.91. The Labute approximate surface area is 110 Å². The van der Waals surface area contributed by atoms with E-state index in [1.54, 1.807) is 12.3 Å². The fraction of sp³-hybridized carbons (Fsp3) is 0.357. The quantitative estimate of drug-likeness (QED) is 0.867. The van der Waals surface area contributed by atoms with Crippen molar-refractivity contribution in [3.63, 3.8) is 0 Å². The average Bonchev–Trinajstić information content (AvgIpc) is 2.83. The van der Waals surface area contributed by atoms with Crippen molar-refractivity contribution in [3.8, 4) is 11.1 Å². The molecule has 0 atom stereocenters. The molecule has 0 saturated carbocycles. The molecule has 1 aliphatic rings. The van der Waals surface area contributed by atoms with Crippen molar-refractivity contribution in [2.24, 2.45) is 0 Å². The number of alkyl halides is 2. The highest BCUT2D eigenvalue weighted by Gasteiger charge is 2.20. The molecule has 0 aliphatic carbocycles. The second-order valence-electron chi connectivity index (χ2n) is 4.84. The Kier molecular flexibility index (Phi) is 2.97. The first kappa shape index (κ1) is 12.1. The van der Waals surface area contributed by atoms with Crippen LogP contribution in [0.1, 0.15) is 29.7 Å². The van der Waals surface area contributed by atoms with E-state index in [0.29, 0.717) is 5.56 Å². The number of aryl methyl sites for hydroxylation is 2. The molecule has 0 unspecified atom stereocenters. The van der Waals surface area contributed by atoms with Crippen LogP contribution in [-0.2, 0) is 6.42 Å². The van der Waals surface area contributed by atoms with Gasteiger partial charge in [0.05, 0.1) is 6.20 Å². The van der Waals surface area contributed by atoms with Gasteiger partial charge in [-0.1, -0.05) is 0 Å². The molecule has 0 fully saturated rings. The summed E-state index contributed by atoms with van der Waals surface area (Å²) in [5, 5.41) is 9.92. The summed E-state index contributed by atoms with van der Waals surface area (Å²) >= 11 is 0. The van der Waals surface area contributed by atoms with Gasteiger partial charge in [-0.25, -0.2) is 8.78 Å². The SMILES string of the molecule is Cc1[nH]ncc1-c1cc2c(cc1C(F)F)NCCC2. The van der Waals surface area contributed by atoms with Crippen LogP contribution in [0.25, 0.3) is 11.1 Å². The van der Waals surface area contributed by atoms with Crippen molar-refractivity contribution in [2.75, 3.05) is 11.9 Å². The van der Waals surface area contributed by atoms with Gasteiger partial charge in [-0.05, 0) is 43.0 Å². The Balaban J connectivity index is 2.19. The van der Waals surface area contributed by atoms with Gasteiger partial charge in [0, 0.05) is 29.1 Å². The van der Waals surface area contributed by atoms with Crippen LogP contribution in [0.4, 0.5) is 14.5 Å². The fourth-order valence-corrected chi connectivity index (χ4v) is 2.57. The number of nitrogens with one attached hydrogen (secondary N) is 2. The van der Waals surface area contributed by atoms with Gasteiger partial charge in [0.1, 0.15) is 0 Å². The monoisotopic (exact) mass is 263 g/mol. The molecule has 0 radical (unpaired) electrons. The summed E-state index contributed by atoms with van der Waals surface area (Å²) in [5.41, 5.74) is 4.16. The first-order valence-corrected chi connectivity index (χ1v) is 6.36. The first-order chi connectivity index (χ1) is 9.16. The number of hydrogen-bond acceptors (Lipinski definition) is 2. The van der Waals surface area contributed by atoms with E-state index in [9.17, 15) is 8.78 Å². The standard InChI is InChI=1S/C14H15F2N3/c1-8-12(7-18-19-8)10-5-9-3-2-4-17-13(9)6-11(10)14(15)16/h5-7,14,17H,2-4H2,1H3,(H,18,19). The fourth-order valence-electron chi connectivity index (χ4n) is 2.57. The highest BCUT2D eigenvalue weighted by atomic mass is 19.3. The van der Waals surface area contributed by atoms with E-state index in [1.807, 2.05) is 13.0 Å². The number of benzene rings is 1. The van der Waals surface area contributed by atoms with Gasteiger partial charge in [0.2, 0.25) is 0 Å². The van der Waals surface area contributed by atoms with Crippen LogP contribution in [-0.4, -0.2) is 16.7 Å². The minimum Gasteiger partial charge on any atom is -0.385 e. The largest absolute Gasteiger partial charge is 0.385 e. The number of H-pyrrole nitrogens is 1. The third-order valence-corrected chi connectivity index (χ3v) is 3.57. The Morgan fingerprint density at radius 3 is 2.79 bits per heavy atom. The lowest BCUT2D eigenvalue weighted by atomic mass is 9.93. The van der Waals surface area contributed by atoms with Gasteiger partial charge in [0.25, 0.3) is 6.43 Å². The number of aromatic amines is 1. The summed E-state index contributed by atoms with van der Waals surface area (Å²) in [4.78, 5) is 0. The van der Waals surface area contributed by atoms with Crippen LogP contribution in [0, 0.1) is 6.92 Å². The molecule has 100 valence electrons. The van der Waals surface area contributed by atoms with Crippen LogP contribution in [0.5, 0.6) is 0 Å². The molecule has 0 saturated heterocycles. The normalized spacial score (nSPS) is 14.3. The predicted molar refractivity (Wildman–Crippen MR) is 70.5 cm³/mol. The molecular formula is C14H15F2N3. The zero-order chi connectivity index (χ0) is 13.4. The second kappa shape index (κ2) is 4.64. The molecule has 2 heterocycles.